The molecule has 0 saturated carbocycles. The molecule has 0 amide bonds. The van der Waals surface area contributed by atoms with Gasteiger partial charge in [0.25, 0.3) is 0 Å². The van der Waals surface area contributed by atoms with Crippen LogP contribution in [0, 0.1) is 0 Å². The van der Waals surface area contributed by atoms with Gasteiger partial charge >= 0.3 is 11.4 Å². The van der Waals surface area contributed by atoms with Crippen LogP contribution in [0.2, 0.25) is 0 Å². The fourth-order valence-electron chi connectivity index (χ4n) is 3.08. The van der Waals surface area contributed by atoms with Crippen molar-refractivity contribution in [2.24, 2.45) is 0 Å². The van der Waals surface area contributed by atoms with E-state index in [0.717, 1.165) is 21.0 Å². The van der Waals surface area contributed by atoms with Crippen LogP contribution in [0.3, 0.4) is 0 Å². The van der Waals surface area contributed by atoms with Crippen LogP contribution in [-0.4, -0.2) is 11.2 Å². The summed E-state index contributed by atoms with van der Waals surface area (Å²) in [7, 11) is 0. The van der Waals surface area contributed by atoms with E-state index in [-0.39, 0.29) is 0 Å². The predicted octanol–water partition coefficient (Wildman–Crippen LogP) is 4.34. The number of hydrogen-bond donors (Lipinski definition) is 0. The van der Waals surface area contributed by atoms with Crippen molar-refractivity contribution < 1.29 is 9.15 Å². The highest BCUT2D eigenvalue weighted by atomic mass is 79.9. The van der Waals surface area contributed by atoms with Gasteiger partial charge in [0.2, 0.25) is 0 Å². The molecule has 0 aliphatic heterocycles. The largest absolute Gasteiger partial charge is 0.494 e. The van der Waals surface area contributed by atoms with Crippen molar-refractivity contribution in [3.8, 4) is 5.75 Å². The van der Waals surface area contributed by atoms with Crippen molar-refractivity contribution >= 4 is 37.6 Å². The summed E-state index contributed by atoms with van der Waals surface area (Å²) in [5, 5.41) is 2.65. The lowest BCUT2D eigenvalue weighted by atomic mass is 10.1. The van der Waals surface area contributed by atoms with Crippen molar-refractivity contribution in [3.63, 3.8) is 0 Å². The number of hydrogen-bond acceptors (Lipinski definition) is 4. The van der Waals surface area contributed by atoms with Gasteiger partial charge in [-0.2, -0.15) is 0 Å². The molecular formula is C21H16BrNO4. The minimum atomic E-state index is -0.652. The van der Waals surface area contributed by atoms with Crippen LogP contribution in [0.1, 0.15) is 6.42 Å². The third-order valence-corrected chi connectivity index (χ3v) is 4.88. The van der Waals surface area contributed by atoms with Crippen LogP contribution in [0.15, 0.2) is 79.1 Å². The monoisotopic (exact) mass is 425 g/mol. The number of rotatable bonds is 5. The third kappa shape index (κ3) is 3.66. The zero-order chi connectivity index (χ0) is 18.8. The fourth-order valence-corrected chi connectivity index (χ4v) is 3.44. The van der Waals surface area contributed by atoms with Gasteiger partial charge in [0, 0.05) is 11.0 Å². The van der Waals surface area contributed by atoms with E-state index in [9.17, 15) is 9.59 Å². The minimum Gasteiger partial charge on any atom is -0.494 e. The van der Waals surface area contributed by atoms with E-state index in [1.807, 2.05) is 36.4 Å². The van der Waals surface area contributed by atoms with Crippen LogP contribution in [0.25, 0.3) is 21.7 Å². The summed E-state index contributed by atoms with van der Waals surface area (Å²) in [6, 6.07) is 19.2. The molecule has 5 nitrogen and oxygen atoms in total. The highest BCUT2D eigenvalue weighted by Gasteiger charge is 2.09. The zero-order valence-electron chi connectivity index (χ0n) is 14.4. The van der Waals surface area contributed by atoms with Gasteiger partial charge < -0.3 is 9.15 Å². The van der Waals surface area contributed by atoms with E-state index in [4.69, 9.17) is 9.15 Å². The van der Waals surface area contributed by atoms with E-state index in [1.54, 1.807) is 18.2 Å². The first-order valence-electron chi connectivity index (χ1n) is 8.57. The fraction of sp³-hybridized carbons (Fsp3) is 0.143. The quantitative estimate of drug-likeness (QED) is 0.446. The molecule has 0 atom stereocenters. The predicted molar refractivity (Wildman–Crippen MR) is 109 cm³/mol. The summed E-state index contributed by atoms with van der Waals surface area (Å²) < 4.78 is 12.9. The first-order chi connectivity index (χ1) is 13.1. The van der Waals surface area contributed by atoms with Crippen molar-refractivity contribution in [2.75, 3.05) is 6.61 Å². The maximum absolute atomic E-state index is 12.1. The minimum absolute atomic E-state index is 0.374. The summed E-state index contributed by atoms with van der Waals surface area (Å²) in [6.45, 7) is 0.844. The molecule has 4 rings (SSSR count). The van der Waals surface area contributed by atoms with Crippen molar-refractivity contribution in [1.29, 1.82) is 0 Å². The van der Waals surface area contributed by atoms with Crippen molar-refractivity contribution in [1.82, 2.24) is 4.57 Å². The Labute approximate surface area is 162 Å². The average Bonchev–Trinajstić information content (AvgIpc) is 2.67. The lowest BCUT2D eigenvalue weighted by Gasteiger charge is -2.10. The summed E-state index contributed by atoms with van der Waals surface area (Å²) in [5.74, 6) is 0.134. The molecule has 6 heteroatoms. The molecular weight excluding hydrogens is 410 g/mol. The third-order valence-electron chi connectivity index (χ3n) is 4.39. The molecule has 0 saturated heterocycles. The van der Waals surface area contributed by atoms with E-state index >= 15 is 0 Å². The molecule has 0 unspecified atom stereocenters. The van der Waals surface area contributed by atoms with E-state index in [1.165, 1.54) is 4.57 Å². The second kappa shape index (κ2) is 7.40. The van der Waals surface area contributed by atoms with Crippen LogP contribution >= 0.6 is 15.9 Å². The van der Waals surface area contributed by atoms with E-state index in [0.29, 0.717) is 30.5 Å². The molecule has 4 aromatic rings. The Hall–Kier alpha value is -2.86. The lowest BCUT2D eigenvalue weighted by Crippen LogP contribution is -2.25. The Morgan fingerprint density at radius 1 is 0.963 bits per heavy atom. The Balaban J connectivity index is 1.49. The van der Waals surface area contributed by atoms with Crippen LogP contribution in [0.4, 0.5) is 0 Å². The number of aryl methyl sites for hydroxylation is 1. The van der Waals surface area contributed by atoms with Crippen LogP contribution in [-0.2, 0) is 6.54 Å². The zero-order valence-corrected chi connectivity index (χ0v) is 15.9. The molecule has 136 valence electrons. The molecule has 0 aliphatic carbocycles. The Morgan fingerprint density at radius 3 is 2.63 bits per heavy atom. The number of benzene rings is 3. The van der Waals surface area contributed by atoms with Gasteiger partial charge in [-0.1, -0.05) is 46.3 Å². The summed E-state index contributed by atoms with van der Waals surface area (Å²) in [5.41, 5.74) is -0.0647. The van der Waals surface area contributed by atoms with Gasteiger partial charge in [0.1, 0.15) is 5.75 Å². The number of halogens is 1. The Kier molecular flexibility index (Phi) is 4.81. The number of aromatic nitrogens is 1. The summed E-state index contributed by atoms with van der Waals surface area (Å²) in [4.78, 5) is 24.0. The normalized spacial score (nSPS) is 11.1. The topological polar surface area (TPSA) is 61.4 Å². The molecule has 27 heavy (non-hydrogen) atoms. The second-order valence-electron chi connectivity index (χ2n) is 6.18. The van der Waals surface area contributed by atoms with Crippen molar-refractivity contribution in [3.05, 3.63) is 86.1 Å². The molecule has 0 radical (unpaired) electrons. The number of nitrogens with zero attached hydrogens (tertiary/aromatic N) is 1. The molecule has 0 bridgehead atoms. The van der Waals surface area contributed by atoms with Gasteiger partial charge in [0.15, 0.2) is 0 Å². The first kappa shape index (κ1) is 17.5. The molecule has 3 aromatic carbocycles. The Morgan fingerprint density at radius 2 is 1.78 bits per heavy atom. The van der Waals surface area contributed by atoms with E-state index in [2.05, 4.69) is 22.0 Å². The Bertz CT molecular complexity index is 1240. The number of fused-ring (bicyclic) bond motifs is 2. The van der Waals surface area contributed by atoms with Gasteiger partial charge in [-0.15, -0.1) is 0 Å². The molecule has 0 N–H and O–H groups in total. The summed E-state index contributed by atoms with van der Waals surface area (Å²) in [6.07, 6.45) is 0.603. The van der Waals surface area contributed by atoms with Gasteiger partial charge in [-0.3, -0.25) is 4.57 Å². The maximum Gasteiger partial charge on any atom is 0.422 e. The van der Waals surface area contributed by atoms with Crippen molar-refractivity contribution in [2.45, 2.75) is 13.0 Å². The van der Waals surface area contributed by atoms with Crippen LogP contribution in [0.5, 0.6) is 5.75 Å². The molecule has 1 aromatic heterocycles. The summed E-state index contributed by atoms with van der Waals surface area (Å²) >= 11 is 3.33. The lowest BCUT2D eigenvalue weighted by molar-refractivity contribution is 0.297. The molecule has 0 fully saturated rings. The average molecular weight is 426 g/mol. The highest BCUT2D eigenvalue weighted by Crippen LogP contribution is 2.21. The second-order valence-corrected chi connectivity index (χ2v) is 7.10. The van der Waals surface area contributed by atoms with Gasteiger partial charge in [0.05, 0.1) is 17.5 Å². The molecule has 0 spiro atoms. The smallest absolute Gasteiger partial charge is 0.422 e. The van der Waals surface area contributed by atoms with E-state index < -0.39 is 11.4 Å². The highest BCUT2D eigenvalue weighted by molar-refractivity contribution is 9.10. The maximum atomic E-state index is 12.1. The first-order valence-corrected chi connectivity index (χ1v) is 9.36. The van der Waals surface area contributed by atoms with Crippen LogP contribution < -0.4 is 16.1 Å². The van der Waals surface area contributed by atoms with Gasteiger partial charge in [-0.25, -0.2) is 9.59 Å². The standard InChI is InChI=1S/C21H16BrNO4/c22-16-7-9-19-18(13-16)20(24)27-21(25)23(19)10-3-11-26-17-8-6-14-4-1-2-5-15(14)12-17/h1-2,4-9,12-13H,3,10-11H2. The molecule has 0 aliphatic rings. The molecule has 1 heterocycles. The van der Waals surface area contributed by atoms with Gasteiger partial charge in [-0.05, 0) is 47.5 Å². The SMILES string of the molecule is O=c1oc(=O)n(CCCOc2ccc3ccccc3c2)c2ccc(Br)cc12. The number of ether oxygens (including phenoxy) is 1.